The maximum absolute atomic E-state index is 2.57. The van der Waals surface area contributed by atoms with E-state index in [9.17, 15) is 0 Å². The van der Waals surface area contributed by atoms with Crippen molar-refractivity contribution in [3.05, 3.63) is 30.4 Å². The first-order valence-corrected chi connectivity index (χ1v) is 12.2. The van der Waals surface area contributed by atoms with Crippen LogP contribution < -0.4 is 0 Å². The molecule has 1 rings (SSSR count). The third-order valence-electron chi connectivity index (χ3n) is 5.32. The lowest BCUT2D eigenvalue weighted by atomic mass is 9.89. The minimum Gasteiger partial charge on any atom is -0.0654 e. The molecule has 0 radical (unpaired) electrons. The molecule has 138 valence electrons. The third kappa shape index (κ3) is 7.92. The van der Waals surface area contributed by atoms with Gasteiger partial charge in [0.05, 0.1) is 0 Å². The van der Waals surface area contributed by atoms with Gasteiger partial charge in [0.2, 0.25) is 0 Å². The first-order valence-electron chi connectivity index (χ1n) is 10.0. The summed E-state index contributed by atoms with van der Waals surface area (Å²) in [5, 5.41) is 0. The number of halogens is 2. The van der Waals surface area contributed by atoms with Crippen LogP contribution >= 0.6 is 45.2 Å². The fraction of sp³-hybridized carbons (Fsp3) is 0.727. The molecule has 0 spiro atoms. The van der Waals surface area contributed by atoms with Crippen molar-refractivity contribution in [1.82, 2.24) is 0 Å². The van der Waals surface area contributed by atoms with Crippen molar-refractivity contribution in [2.24, 2.45) is 11.8 Å². The fourth-order valence-corrected chi connectivity index (χ4v) is 4.95. The lowest BCUT2D eigenvalue weighted by molar-refractivity contribution is 0.445. The summed E-state index contributed by atoms with van der Waals surface area (Å²) in [6.45, 7) is 9.31. The zero-order valence-electron chi connectivity index (χ0n) is 16.1. The summed E-state index contributed by atoms with van der Waals surface area (Å²) in [5.74, 6) is 1.71. The van der Waals surface area contributed by atoms with Gasteiger partial charge in [-0.15, -0.1) is 0 Å². The molecule has 0 unspecified atom stereocenters. The molecule has 0 fully saturated rings. The van der Waals surface area contributed by atoms with Crippen LogP contribution in [0, 0.1) is 19.0 Å². The molecule has 0 bridgehead atoms. The summed E-state index contributed by atoms with van der Waals surface area (Å²) in [5.41, 5.74) is 3.15. The monoisotopic (exact) mass is 554 g/mol. The number of rotatable bonds is 12. The average molecular weight is 554 g/mol. The van der Waals surface area contributed by atoms with Crippen molar-refractivity contribution in [2.75, 3.05) is 0 Å². The van der Waals surface area contributed by atoms with Crippen molar-refractivity contribution < 1.29 is 0 Å². The minimum absolute atomic E-state index is 0.855. The Bertz CT molecular complexity index is 424. The largest absolute Gasteiger partial charge is 0.0654 e. The molecule has 0 nitrogen and oxygen atoms in total. The molecule has 1 aromatic rings. The van der Waals surface area contributed by atoms with Gasteiger partial charge in [-0.05, 0) is 93.1 Å². The Balaban J connectivity index is 2.80. The molecular formula is C22H36I2. The maximum atomic E-state index is 2.57. The van der Waals surface area contributed by atoms with E-state index >= 15 is 0 Å². The summed E-state index contributed by atoms with van der Waals surface area (Å²) < 4.78 is 2.98. The van der Waals surface area contributed by atoms with E-state index in [0.29, 0.717) is 0 Å². The van der Waals surface area contributed by atoms with Crippen molar-refractivity contribution in [1.29, 1.82) is 0 Å². The van der Waals surface area contributed by atoms with Gasteiger partial charge in [0, 0.05) is 7.14 Å². The highest BCUT2D eigenvalue weighted by Gasteiger charge is 2.14. The molecule has 0 saturated heterocycles. The van der Waals surface area contributed by atoms with E-state index in [2.05, 4.69) is 85.0 Å². The highest BCUT2D eigenvalue weighted by Crippen LogP contribution is 2.28. The van der Waals surface area contributed by atoms with E-state index in [4.69, 9.17) is 0 Å². The van der Waals surface area contributed by atoms with Crippen LogP contribution in [0.25, 0.3) is 0 Å². The molecule has 0 amide bonds. The Morgan fingerprint density at radius 2 is 1.08 bits per heavy atom. The van der Waals surface area contributed by atoms with Crippen LogP contribution in [-0.2, 0) is 12.8 Å². The second-order valence-electron chi connectivity index (χ2n) is 7.28. The second-order valence-corrected chi connectivity index (χ2v) is 9.60. The third-order valence-corrected chi connectivity index (χ3v) is 7.33. The van der Waals surface area contributed by atoms with Crippen LogP contribution in [0.1, 0.15) is 90.2 Å². The fourth-order valence-electron chi connectivity index (χ4n) is 3.45. The van der Waals surface area contributed by atoms with E-state index in [1.165, 1.54) is 71.3 Å². The van der Waals surface area contributed by atoms with Gasteiger partial charge in [0.15, 0.2) is 0 Å². The first-order chi connectivity index (χ1) is 11.5. The summed E-state index contributed by atoms with van der Waals surface area (Å²) >= 11 is 5.15. The quantitative estimate of drug-likeness (QED) is 0.228. The zero-order chi connectivity index (χ0) is 17.9. The lowest BCUT2D eigenvalue weighted by Crippen LogP contribution is -2.08. The van der Waals surface area contributed by atoms with Crippen molar-refractivity contribution in [3.63, 3.8) is 0 Å². The molecule has 0 N–H and O–H groups in total. The van der Waals surface area contributed by atoms with Crippen LogP contribution in [0.15, 0.2) is 12.1 Å². The van der Waals surface area contributed by atoms with Crippen molar-refractivity contribution in [3.8, 4) is 0 Å². The number of hydrogen-bond donors (Lipinski definition) is 0. The summed E-state index contributed by atoms with van der Waals surface area (Å²) in [4.78, 5) is 0. The summed E-state index contributed by atoms with van der Waals surface area (Å²) in [6.07, 6.45) is 13.3. The van der Waals surface area contributed by atoms with E-state index in [1.807, 2.05) is 0 Å². The van der Waals surface area contributed by atoms with Crippen LogP contribution in [-0.4, -0.2) is 0 Å². The second kappa shape index (κ2) is 12.9. The number of benzene rings is 1. The van der Waals surface area contributed by atoms with Gasteiger partial charge >= 0.3 is 0 Å². The minimum atomic E-state index is 0.855. The molecular weight excluding hydrogens is 518 g/mol. The van der Waals surface area contributed by atoms with Gasteiger partial charge < -0.3 is 0 Å². The predicted molar refractivity (Wildman–Crippen MR) is 126 cm³/mol. The summed E-state index contributed by atoms with van der Waals surface area (Å²) in [6, 6.07) is 4.97. The molecule has 0 aromatic heterocycles. The Hall–Kier alpha value is 0.680. The molecule has 0 aliphatic carbocycles. The van der Waals surface area contributed by atoms with E-state index in [1.54, 1.807) is 11.1 Å². The highest BCUT2D eigenvalue weighted by molar-refractivity contribution is 14.1. The first kappa shape index (κ1) is 22.7. The molecule has 2 atom stereocenters. The van der Waals surface area contributed by atoms with Crippen LogP contribution in [0.4, 0.5) is 0 Å². The van der Waals surface area contributed by atoms with Crippen molar-refractivity contribution in [2.45, 2.75) is 91.9 Å². The standard InChI is InChI=1S/C22H36I2/c1-5-9-11-17(7-3)13-19-15-22(24)20(16-21(19)23)14-18(8-4)12-10-6-2/h15-18H,5-14H2,1-4H3/t17-,18-/m1/s1. The Morgan fingerprint density at radius 3 is 1.38 bits per heavy atom. The molecule has 2 heteroatoms. The van der Waals surface area contributed by atoms with E-state index in [-0.39, 0.29) is 0 Å². The number of unbranched alkanes of at least 4 members (excludes halogenated alkanes) is 2. The van der Waals surface area contributed by atoms with Gasteiger partial charge in [-0.1, -0.05) is 79.1 Å². The Kier molecular flexibility index (Phi) is 12.3. The molecule has 0 heterocycles. The topological polar surface area (TPSA) is 0 Å². The smallest absolute Gasteiger partial charge is 0.0165 e. The average Bonchev–Trinajstić information content (AvgIpc) is 2.58. The van der Waals surface area contributed by atoms with E-state index in [0.717, 1.165) is 11.8 Å². The van der Waals surface area contributed by atoms with Crippen LogP contribution in [0.5, 0.6) is 0 Å². The Labute approximate surface area is 178 Å². The van der Waals surface area contributed by atoms with Crippen LogP contribution in [0.3, 0.4) is 0 Å². The van der Waals surface area contributed by atoms with Gasteiger partial charge in [0.25, 0.3) is 0 Å². The molecule has 0 aliphatic rings. The van der Waals surface area contributed by atoms with E-state index < -0.39 is 0 Å². The Morgan fingerprint density at radius 1 is 0.708 bits per heavy atom. The predicted octanol–water partition coefficient (Wildman–Crippen LogP) is 8.41. The summed E-state index contributed by atoms with van der Waals surface area (Å²) in [7, 11) is 0. The molecule has 1 aromatic carbocycles. The van der Waals surface area contributed by atoms with Crippen molar-refractivity contribution >= 4 is 45.2 Å². The molecule has 0 aliphatic heterocycles. The van der Waals surface area contributed by atoms with Gasteiger partial charge in [0.1, 0.15) is 0 Å². The highest BCUT2D eigenvalue weighted by atomic mass is 127. The molecule has 24 heavy (non-hydrogen) atoms. The van der Waals surface area contributed by atoms with Gasteiger partial charge in [-0.3, -0.25) is 0 Å². The SMILES string of the molecule is CCCC[C@@H](CC)Cc1cc(I)c(C[C@H](CC)CCCC)cc1I. The zero-order valence-corrected chi connectivity index (χ0v) is 20.5. The van der Waals surface area contributed by atoms with Gasteiger partial charge in [-0.25, -0.2) is 0 Å². The van der Waals surface area contributed by atoms with Crippen LogP contribution in [0.2, 0.25) is 0 Å². The number of hydrogen-bond acceptors (Lipinski definition) is 0. The molecule has 0 saturated carbocycles. The lowest BCUT2D eigenvalue weighted by Gasteiger charge is -2.19. The van der Waals surface area contributed by atoms with Gasteiger partial charge in [-0.2, -0.15) is 0 Å². The normalized spacial score (nSPS) is 13.9. The maximum Gasteiger partial charge on any atom is 0.0165 e.